The maximum atomic E-state index is 9.62. The number of hydrogen-bond acceptors (Lipinski definition) is 5. The molecule has 0 N–H and O–H groups in total. The van der Waals surface area contributed by atoms with Crippen molar-refractivity contribution in [3.8, 4) is 6.07 Å². The molecule has 0 saturated heterocycles. The molecule has 4 nitrogen and oxygen atoms in total. The molecule has 0 amide bonds. The zero-order valence-electron chi connectivity index (χ0n) is 14.7. The van der Waals surface area contributed by atoms with Crippen LogP contribution in [-0.4, -0.2) is 4.98 Å². The van der Waals surface area contributed by atoms with Crippen molar-refractivity contribution >= 4 is 23.1 Å². The molecule has 0 atom stereocenters. The third kappa shape index (κ3) is 4.16. The van der Waals surface area contributed by atoms with E-state index in [-0.39, 0.29) is 0 Å². The Labute approximate surface area is 157 Å². The molecule has 1 aromatic heterocycles. The van der Waals surface area contributed by atoms with Crippen molar-refractivity contribution in [3.63, 3.8) is 0 Å². The summed E-state index contributed by atoms with van der Waals surface area (Å²) in [6.07, 6.45) is 0. The number of rotatable bonds is 5. The van der Waals surface area contributed by atoms with Gasteiger partial charge < -0.3 is 0 Å². The van der Waals surface area contributed by atoms with Gasteiger partial charge in [-0.15, -0.1) is 16.9 Å². The highest BCUT2D eigenvalue weighted by molar-refractivity contribution is 7.98. The summed E-state index contributed by atoms with van der Waals surface area (Å²) < 4.78 is 0. The summed E-state index contributed by atoms with van der Waals surface area (Å²) in [6.45, 7) is 3.80. The van der Waals surface area contributed by atoms with E-state index in [1.165, 1.54) is 5.56 Å². The Morgan fingerprint density at radius 2 is 1.62 bits per heavy atom. The van der Waals surface area contributed by atoms with E-state index >= 15 is 0 Å². The molecule has 0 aliphatic carbocycles. The van der Waals surface area contributed by atoms with Gasteiger partial charge in [0.15, 0.2) is 0 Å². The van der Waals surface area contributed by atoms with Gasteiger partial charge in [0, 0.05) is 5.75 Å². The molecule has 3 aromatic rings. The number of nitriles is 1. The minimum Gasteiger partial charge on any atom is -0.243 e. The van der Waals surface area contributed by atoms with Crippen LogP contribution in [0.3, 0.4) is 0 Å². The molecule has 0 saturated carbocycles. The Bertz CT molecular complexity index is 961. The largest absolute Gasteiger partial charge is 0.243 e. The highest BCUT2D eigenvalue weighted by Crippen LogP contribution is 2.33. The number of benzene rings is 2. The molecule has 26 heavy (non-hydrogen) atoms. The molecular formula is C21H18N4S. The van der Waals surface area contributed by atoms with E-state index in [2.05, 4.69) is 33.4 Å². The van der Waals surface area contributed by atoms with E-state index < -0.39 is 0 Å². The summed E-state index contributed by atoms with van der Waals surface area (Å²) in [5.74, 6) is 0.770. The van der Waals surface area contributed by atoms with Gasteiger partial charge in [0.25, 0.3) is 0 Å². The molecular weight excluding hydrogens is 340 g/mol. The highest BCUT2D eigenvalue weighted by Gasteiger charge is 2.15. The molecule has 128 valence electrons. The van der Waals surface area contributed by atoms with Crippen molar-refractivity contribution in [2.75, 3.05) is 0 Å². The van der Waals surface area contributed by atoms with Gasteiger partial charge in [0.2, 0.25) is 0 Å². The fourth-order valence-electron chi connectivity index (χ4n) is 2.52. The Kier molecular flexibility index (Phi) is 5.77. The van der Waals surface area contributed by atoms with Gasteiger partial charge in [0.05, 0.1) is 16.9 Å². The van der Waals surface area contributed by atoms with Crippen LogP contribution in [0, 0.1) is 25.2 Å². The molecule has 0 unspecified atom stereocenters. The van der Waals surface area contributed by atoms with Crippen molar-refractivity contribution in [3.05, 3.63) is 83.0 Å². The van der Waals surface area contributed by atoms with Crippen molar-refractivity contribution in [2.24, 2.45) is 10.2 Å². The molecule has 5 heteroatoms. The summed E-state index contributed by atoms with van der Waals surface area (Å²) in [4.78, 5) is 4.62. The molecule has 0 spiro atoms. The maximum absolute atomic E-state index is 9.62. The van der Waals surface area contributed by atoms with E-state index in [4.69, 9.17) is 0 Å². The molecule has 0 fully saturated rings. The third-order valence-corrected chi connectivity index (χ3v) is 4.95. The van der Waals surface area contributed by atoms with Crippen molar-refractivity contribution in [1.29, 1.82) is 5.26 Å². The predicted octanol–water partition coefficient (Wildman–Crippen LogP) is 6.28. The number of hydrogen-bond donors (Lipinski definition) is 0. The lowest BCUT2D eigenvalue weighted by Crippen LogP contribution is -1.96. The summed E-state index contributed by atoms with van der Waals surface area (Å²) in [7, 11) is 0. The summed E-state index contributed by atoms with van der Waals surface area (Å²) in [6, 6.07) is 22.0. The van der Waals surface area contributed by atoms with E-state index in [0.29, 0.717) is 11.3 Å². The van der Waals surface area contributed by atoms with Gasteiger partial charge in [-0.1, -0.05) is 48.5 Å². The van der Waals surface area contributed by atoms with Crippen LogP contribution in [0.5, 0.6) is 0 Å². The summed E-state index contributed by atoms with van der Waals surface area (Å²) >= 11 is 1.57. The van der Waals surface area contributed by atoms with Gasteiger partial charge in [-0.05, 0) is 37.1 Å². The molecule has 0 bridgehead atoms. The van der Waals surface area contributed by atoms with Crippen molar-refractivity contribution < 1.29 is 0 Å². The molecule has 0 radical (unpaired) electrons. The van der Waals surface area contributed by atoms with Crippen LogP contribution in [0.15, 0.2) is 75.9 Å². The molecule has 3 rings (SSSR count). The quantitative estimate of drug-likeness (QED) is 0.398. The minimum absolute atomic E-state index is 0.568. The van der Waals surface area contributed by atoms with Crippen molar-refractivity contribution in [2.45, 2.75) is 24.6 Å². The van der Waals surface area contributed by atoms with Crippen LogP contribution < -0.4 is 0 Å². The second-order valence-corrected chi connectivity index (χ2v) is 6.74. The van der Waals surface area contributed by atoms with Crippen LogP contribution in [0.4, 0.5) is 11.4 Å². The van der Waals surface area contributed by atoms with Crippen LogP contribution in [0.25, 0.3) is 0 Å². The Morgan fingerprint density at radius 3 is 2.27 bits per heavy atom. The first-order valence-corrected chi connectivity index (χ1v) is 9.22. The average molecular weight is 358 g/mol. The van der Waals surface area contributed by atoms with Gasteiger partial charge in [-0.3, -0.25) is 0 Å². The summed E-state index contributed by atoms with van der Waals surface area (Å²) in [5.41, 5.74) is 4.79. The first kappa shape index (κ1) is 17.8. The minimum atomic E-state index is 0.568. The lowest BCUT2D eigenvalue weighted by Gasteiger charge is -2.10. The van der Waals surface area contributed by atoms with Gasteiger partial charge >= 0.3 is 0 Å². The standard InChI is InChI=1S/C21H18N4S/c1-15-19(13-22)21(26-14-17-9-5-3-6-10-17)23-16(2)20(15)25-24-18-11-7-4-8-12-18/h3-12H,14H2,1-2H3. The van der Waals surface area contributed by atoms with E-state index in [9.17, 15) is 5.26 Å². The van der Waals surface area contributed by atoms with Crippen LogP contribution in [0.2, 0.25) is 0 Å². The summed E-state index contributed by atoms with van der Waals surface area (Å²) in [5, 5.41) is 19.0. The first-order chi connectivity index (χ1) is 12.7. The third-order valence-electron chi connectivity index (χ3n) is 3.91. The number of thioether (sulfide) groups is 1. The first-order valence-electron chi connectivity index (χ1n) is 8.24. The van der Waals surface area contributed by atoms with Gasteiger partial charge in [0.1, 0.15) is 16.8 Å². The Hall–Kier alpha value is -2.97. The van der Waals surface area contributed by atoms with E-state index in [1.54, 1.807) is 11.8 Å². The van der Waals surface area contributed by atoms with E-state index in [0.717, 1.165) is 27.7 Å². The molecule has 0 aliphatic heterocycles. The number of nitrogens with zero attached hydrogens (tertiary/aromatic N) is 4. The topological polar surface area (TPSA) is 61.4 Å². The monoisotopic (exact) mass is 358 g/mol. The number of aromatic nitrogens is 1. The van der Waals surface area contributed by atoms with Gasteiger partial charge in [-0.25, -0.2) is 4.98 Å². The number of aryl methyl sites for hydroxylation is 1. The predicted molar refractivity (Wildman–Crippen MR) is 105 cm³/mol. The van der Waals surface area contributed by atoms with Crippen LogP contribution >= 0.6 is 11.8 Å². The highest BCUT2D eigenvalue weighted by atomic mass is 32.2. The SMILES string of the molecule is Cc1nc(SCc2ccccc2)c(C#N)c(C)c1N=Nc1ccccc1. The maximum Gasteiger partial charge on any atom is 0.115 e. The van der Waals surface area contributed by atoms with Crippen LogP contribution in [0.1, 0.15) is 22.4 Å². The number of azo groups is 1. The molecule has 2 aromatic carbocycles. The van der Waals surface area contributed by atoms with Gasteiger partial charge in [-0.2, -0.15) is 10.4 Å². The van der Waals surface area contributed by atoms with E-state index in [1.807, 2.05) is 62.4 Å². The zero-order chi connectivity index (χ0) is 18.4. The van der Waals surface area contributed by atoms with Crippen LogP contribution in [-0.2, 0) is 5.75 Å². The second-order valence-electron chi connectivity index (χ2n) is 5.77. The normalized spacial score (nSPS) is 10.8. The molecule has 1 heterocycles. The Balaban J connectivity index is 1.89. The smallest absolute Gasteiger partial charge is 0.115 e. The fraction of sp³-hybridized carbons (Fsp3) is 0.143. The lowest BCUT2D eigenvalue weighted by molar-refractivity contribution is 1.01. The lowest BCUT2D eigenvalue weighted by atomic mass is 10.1. The average Bonchev–Trinajstić information content (AvgIpc) is 2.67. The molecule has 0 aliphatic rings. The second kappa shape index (κ2) is 8.41. The fourth-order valence-corrected chi connectivity index (χ4v) is 3.56. The Morgan fingerprint density at radius 1 is 0.962 bits per heavy atom. The number of pyridine rings is 1. The zero-order valence-corrected chi connectivity index (χ0v) is 15.5. The van der Waals surface area contributed by atoms with Crippen molar-refractivity contribution in [1.82, 2.24) is 4.98 Å².